The van der Waals surface area contributed by atoms with Crippen molar-refractivity contribution in [2.75, 3.05) is 7.11 Å². The summed E-state index contributed by atoms with van der Waals surface area (Å²) >= 11 is 0. The van der Waals surface area contributed by atoms with Gasteiger partial charge < -0.3 is 4.74 Å². The van der Waals surface area contributed by atoms with Crippen molar-refractivity contribution in [1.29, 1.82) is 0 Å². The van der Waals surface area contributed by atoms with Gasteiger partial charge in [-0.15, -0.1) is 0 Å². The number of aromatic nitrogens is 2. The first-order valence-electron chi connectivity index (χ1n) is 6.29. The number of rotatable bonds is 3. The van der Waals surface area contributed by atoms with Gasteiger partial charge in [0, 0.05) is 0 Å². The van der Waals surface area contributed by atoms with Gasteiger partial charge in [0.25, 0.3) is 0 Å². The number of benzene rings is 2. The number of halogens is 1. The molecule has 0 spiro atoms. The smallest absolute Gasteiger partial charge is 0.216 e. The van der Waals surface area contributed by atoms with Crippen LogP contribution in [0.1, 0.15) is 16.1 Å². The Balaban J connectivity index is 2.10. The van der Waals surface area contributed by atoms with E-state index < -0.39 is 11.6 Å². The van der Waals surface area contributed by atoms with Crippen molar-refractivity contribution in [3.8, 4) is 5.75 Å². The number of para-hydroxylation sites is 2. The summed E-state index contributed by atoms with van der Waals surface area (Å²) in [5.41, 5.74) is 1.58. The third-order valence-corrected chi connectivity index (χ3v) is 3.09. The topological polar surface area (TPSA) is 52.1 Å². The van der Waals surface area contributed by atoms with Crippen LogP contribution in [0.4, 0.5) is 4.39 Å². The van der Waals surface area contributed by atoms with Gasteiger partial charge in [0.15, 0.2) is 0 Å². The number of nitrogens with zero attached hydrogens (tertiary/aromatic N) is 2. The van der Waals surface area contributed by atoms with E-state index in [1.165, 1.54) is 25.4 Å². The first kappa shape index (κ1) is 13.2. The molecule has 4 nitrogen and oxygen atoms in total. The van der Waals surface area contributed by atoms with Crippen LogP contribution in [0.15, 0.2) is 48.7 Å². The second kappa shape index (κ2) is 5.28. The van der Waals surface area contributed by atoms with E-state index in [9.17, 15) is 9.18 Å². The van der Waals surface area contributed by atoms with Gasteiger partial charge in [-0.25, -0.2) is 9.37 Å². The molecule has 1 heterocycles. The van der Waals surface area contributed by atoms with E-state index in [-0.39, 0.29) is 11.3 Å². The fourth-order valence-corrected chi connectivity index (χ4v) is 2.06. The van der Waals surface area contributed by atoms with Crippen molar-refractivity contribution in [3.05, 3.63) is 65.7 Å². The van der Waals surface area contributed by atoms with E-state index in [1.54, 1.807) is 12.1 Å². The van der Waals surface area contributed by atoms with Crippen molar-refractivity contribution in [1.82, 2.24) is 9.97 Å². The molecule has 0 bridgehead atoms. The average molecular weight is 282 g/mol. The van der Waals surface area contributed by atoms with Crippen LogP contribution in [0.3, 0.4) is 0 Å². The van der Waals surface area contributed by atoms with Crippen LogP contribution in [0.25, 0.3) is 11.0 Å². The van der Waals surface area contributed by atoms with Gasteiger partial charge in [-0.1, -0.05) is 12.1 Å². The van der Waals surface area contributed by atoms with Crippen LogP contribution in [0.5, 0.6) is 5.75 Å². The molecular weight excluding hydrogens is 271 g/mol. The minimum absolute atomic E-state index is 0.127. The summed E-state index contributed by atoms with van der Waals surface area (Å²) in [6.45, 7) is 0. The lowest BCUT2D eigenvalue weighted by Gasteiger charge is -2.07. The predicted octanol–water partition coefficient (Wildman–Crippen LogP) is 3.01. The molecule has 104 valence electrons. The lowest BCUT2D eigenvalue weighted by atomic mass is 10.1. The summed E-state index contributed by atoms with van der Waals surface area (Å²) in [7, 11) is 1.43. The van der Waals surface area contributed by atoms with Crippen molar-refractivity contribution in [3.63, 3.8) is 0 Å². The molecule has 0 saturated heterocycles. The lowest BCUT2D eigenvalue weighted by molar-refractivity contribution is 0.103. The summed E-state index contributed by atoms with van der Waals surface area (Å²) < 4.78 is 18.5. The van der Waals surface area contributed by atoms with Crippen molar-refractivity contribution < 1.29 is 13.9 Å². The number of fused-ring (bicyclic) bond motifs is 1. The molecule has 0 unspecified atom stereocenters. The highest BCUT2D eigenvalue weighted by Crippen LogP contribution is 2.22. The van der Waals surface area contributed by atoms with Crippen LogP contribution >= 0.6 is 0 Å². The van der Waals surface area contributed by atoms with Crippen LogP contribution in [0, 0.1) is 5.82 Å². The summed E-state index contributed by atoms with van der Waals surface area (Å²) in [6, 6.07) is 11.0. The number of carbonyl (C=O) groups is 1. The first-order valence-corrected chi connectivity index (χ1v) is 6.29. The fourth-order valence-electron chi connectivity index (χ4n) is 2.06. The molecule has 0 aliphatic rings. The normalized spacial score (nSPS) is 10.6. The number of ether oxygens (including phenoxy) is 1. The quantitative estimate of drug-likeness (QED) is 0.693. The van der Waals surface area contributed by atoms with Gasteiger partial charge in [0.05, 0.1) is 29.9 Å². The molecule has 5 heteroatoms. The van der Waals surface area contributed by atoms with Gasteiger partial charge in [-0.05, 0) is 30.3 Å². The Morgan fingerprint density at radius 2 is 1.90 bits per heavy atom. The van der Waals surface area contributed by atoms with Crippen molar-refractivity contribution >= 4 is 16.8 Å². The second-order valence-corrected chi connectivity index (χ2v) is 4.42. The number of methoxy groups -OCH3 is 1. The summed E-state index contributed by atoms with van der Waals surface area (Å²) in [6.07, 6.45) is 1.38. The highest BCUT2D eigenvalue weighted by atomic mass is 19.1. The van der Waals surface area contributed by atoms with Gasteiger partial charge in [0.1, 0.15) is 17.3 Å². The number of ketones is 1. The van der Waals surface area contributed by atoms with E-state index in [1.807, 2.05) is 12.1 Å². The van der Waals surface area contributed by atoms with Gasteiger partial charge >= 0.3 is 0 Å². The molecule has 21 heavy (non-hydrogen) atoms. The Morgan fingerprint density at radius 1 is 1.14 bits per heavy atom. The minimum atomic E-state index is -0.507. The van der Waals surface area contributed by atoms with Crippen LogP contribution in [-0.2, 0) is 0 Å². The average Bonchev–Trinajstić information content (AvgIpc) is 2.53. The predicted molar refractivity (Wildman–Crippen MR) is 75.9 cm³/mol. The maximum Gasteiger partial charge on any atom is 0.216 e. The van der Waals surface area contributed by atoms with Gasteiger partial charge in [0.2, 0.25) is 5.78 Å². The minimum Gasteiger partial charge on any atom is -0.496 e. The first-order chi connectivity index (χ1) is 10.2. The summed E-state index contributed by atoms with van der Waals surface area (Å²) in [5.74, 6) is -0.631. The lowest BCUT2D eigenvalue weighted by Crippen LogP contribution is -2.07. The Labute approximate surface area is 120 Å². The Morgan fingerprint density at radius 3 is 2.67 bits per heavy atom. The van der Waals surface area contributed by atoms with Crippen LogP contribution in [-0.4, -0.2) is 22.9 Å². The molecule has 3 rings (SSSR count). The third kappa shape index (κ3) is 2.45. The summed E-state index contributed by atoms with van der Waals surface area (Å²) in [4.78, 5) is 20.9. The molecule has 2 aromatic carbocycles. The molecule has 0 N–H and O–H groups in total. The van der Waals surface area contributed by atoms with E-state index in [0.29, 0.717) is 16.8 Å². The maximum absolute atomic E-state index is 13.4. The molecule has 0 aliphatic carbocycles. The van der Waals surface area contributed by atoms with E-state index in [4.69, 9.17) is 4.74 Å². The highest BCUT2D eigenvalue weighted by molar-refractivity contribution is 6.09. The zero-order valence-electron chi connectivity index (χ0n) is 11.2. The number of hydrogen-bond donors (Lipinski definition) is 0. The number of hydrogen-bond acceptors (Lipinski definition) is 4. The summed E-state index contributed by atoms with van der Waals surface area (Å²) in [5, 5.41) is 0. The molecule has 1 aromatic heterocycles. The zero-order valence-corrected chi connectivity index (χ0v) is 11.2. The largest absolute Gasteiger partial charge is 0.496 e. The Bertz CT molecular complexity index is 833. The van der Waals surface area contributed by atoms with Gasteiger partial charge in [-0.3, -0.25) is 9.78 Å². The SMILES string of the molecule is COc1ccc(F)cc1C(=O)c1cnc2ccccc2n1. The van der Waals surface area contributed by atoms with Gasteiger partial charge in [-0.2, -0.15) is 0 Å². The molecule has 0 atom stereocenters. The second-order valence-electron chi connectivity index (χ2n) is 4.42. The highest BCUT2D eigenvalue weighted by Gasteiger charge is 2.17. The van der Waals surface area contributed by atoms with E-state index in [0.717, 1.165) is 6.07 Å². The molecule has 0 saturated carbocycles. The maximum atomic E-state index is 13.4. The molecule has 3 aromatic rings. The fraction of sp³-hybridized carbons (Fsp3) is 0.0625. The van der Waals surface area contributed by atoms with Crippen molar-refractivity contribution in [2.45, 2.75) is 0 Å². The number of carbonyl (C=O) groups excluding carboxylic acids is 1. The third-order valence-electron chi connectivity index (χ3n) is 3.09. The molecular formula is C16H11FN2O2. The van der Waals surface area contributed by atoms with E-state index in [2.05, 4.69) is 9.97 Å². The monoisotopic (exact) mass is 282 g/mol. The Hall–Kier alpha value is -2.82. The standard InChI is InChI=1S/C16H11FN2O2/c1-21-15-7-6-10(17)8-11(15)16(20)14-9-18-12-4-2-3-5-13(12)19-14/h2-9H,1H3. The Kier molecular flexibility index (Phi) is 3.31. The molecule has 0 amide bonds. The molecule has 0 fully saturated rings. The van der Waals surface area contributed by atoms with E-state index >= 15 is 0 Å². The van der Waals surface area contributed by atoms with Crippen LogP contribution < -0.4 is 4.74 Å². The van der Waals surface area contributed by atoms with Crippen molar-refractivity contribution in [2.24, 2.45) is 0 Å². The van der Waals surface area contributed by atoms with Crippen LogP contribution in [0.2, 0.25) is 0 Å². The molecule has 0 radical (unpaired) electrons. The zero-order chi connectivity index (χ0) is 14.8. The molecule has 0 aliphatic heterocycles.